The van der Waals surface area contributed by atoms with Crippen LogP contribution < -0.4 is 10.6 Å². The van der Waals surface area contributed by atoms with Crippen LogP contribution in [0.2, 0.25) is 0 Å². The third kappa shape index (κ3) is 2.59. The molecule has 0 aliphatic carbocycles. The summed E-state index contributed by atoms with van der Waals surface area (Å²) in [5.74, 6) is 0.858. The number of rotatable bonds is 4. The molecule has 0 spiro atoms. The summed E-state index contributed by atoms with van der Waals surface area (Å²) in [5.41, 5.74) is 0.865. The van der Waals surface area contributed by atoms with Crippen molar-refractivity contribution in [3.05, 3.63) is 18.1 Å². The van der Waals surface area contributed by atoms with Gasteiger partial charge in [0.1, 0.15) is 5.82 Å². The zero-order chi connectivity index (χ0) is 13.0. The first-order valence-corrected chi connectivity index (χ1v) is 6.20. The molecule has 1 unspecified atom stereocenters. The molecule has 1 fully saturated rings. The fourth-order valence-electron chi connectivity index (χ4n) is 2.29. The van der Waals surface area contributed by atoms with E-state index in [2.05, 4.69) is 20.6 Å². The van der Waals surface area contributed by atoms with Crippen LogP contribution in [0.5, 0.6) is 0 Å². The smallest absolute Gasteiger partial charge is 0.237 e. The van der Waals surface area contributed by atoms with Crippen LogP contribution in [-0.4, -0.2) is 48.0 Å². The van der Waals surface area contributed by atoms with E-state index in [0.29, 0.717) is 6.54 Å². The number of amides is 1. The second-order valence-electron chi connectivity index (χ2n) is 4.35. The Morgan fingerprint density at radius 1 is 1.50 bits per heavy atom. The quantitative estimate of drug-likeness (QED) is 0.808. The third-order valence-electron chi connectivity index (χ3n) is 3.15. The van der Waals surface area contributed by atoms with Gasteiger partial charge in [-0.1, -0.05) is 0 Å². The summed E-state index contributed by atoms with van der Waals surface area (Å²) in [7, 11) is 3.59. The van der Waals surface area contributed by atoms with Gasteiger partial charge in [-0.2, -0.15) is 0 Å². The molecule has 1 saturated heterocycles. The predicted molar refractivity (Wildman–Crippen MR) is 69.2 cm³/mol. The van der Waals surface area contributed by atoms with Crippen molar-refractivity contribution >= 4 is 11.7 Å². The standard InChI is InChI=1S/C12H19N5O/c1-13-8-12(18)17-5-3-4-10(17)9-6-15-7-11(14-2)16-9/h6-7,10,13H,3-5,8H2,1-2H3,(H,14,16). The average Bonchev–Trinajstić information content (AvgIpc) is 2.88. The number of likely N-dealkylation sites (N-methyl/N-ethyl adjacent to an activating group) is 1. The number of hydrogen-bond acceptors (Lipinski definition) is 5. The van der Waals surface area contributed by atoms with Gasteiger partial charge in [-0.3, -0.25) is 9.78 Å². The van der Waals surface area contributed by atoms with E-state index in [1.54, 1.807) is 19.4 Å². The molecule has 0 bridgehead atoms. The van der Waals surface area contributed by atoms with Crippen LogP contribution in [0, 0.1) is 0 Å². The van der Waals surface area contributed by atoms with Gasteiger partial charge in [0.2, 0.25) is 5.91 Å². The minimum absolute atomic E-state index is 0.0617. The lowest BCUT2D eigenvalue weighted by Crippen LogP contribution is -2.37. The molecule has 0 radical (unpaired) electrons. The summed E-state index contributed by atoms with van der Waals surface area (Å²) >= 11 is 0. The molecule has 2 heterocycles. The SMILES string of the molecule is CNCC(=O)N1CCCC1c1cncc(NC)n1. The minimum Gasteiger partial charge on any atom is -0.372 e. The Kier molecular flexibility index (Phi) is 4.09. The van der Waals surface area contributed by atoms with Gasteiger partial charge in [0.05, 0.1) is 30.7 Å². The van der Waals surface area contributed by atoms with Crippen molar-refractivity contribution in [1.82, 2.24) is 20.2 Å². The van der Waals surface area contributed by atoms with Gasteiger partial charge in [-0.05, 0) is 19.9 Å². The molecular weight excluding hydrogens is 230 g/mol. The van der Waals surface area contributed by atoms with Crippen molar-refractivity contribution in [3.63, 3.8) is 0 Å². The Balaban J connectivity index is 2.17. The van der Waals surface area contributed by atoms with Gasteiger partial charge < -0.3 is 15.5 Å². The lowest BCUT2D eigenvalue weighted by molar-refractivity contribution is -0.131. The van der Waals surface area contributed by atoms with Crippen LogP contribution in [0.25, 0.3) is 0 Å². The van der Waals surface area contributed by atoms with Crippen LogP contribution in [-0.2, 0) is 4.79 Å². The molecule has 0 saturated carbocycles. The number of aromatic nitrogens is 2. The van der Waals surface area contributed by atoms with Gasteiger partial charge in [0.15, 0.2) is 0 Å². The van der Waals surface area contributed by atoms with Crippen molar-refractivity contribution in [2.24, 2.45) is 0 Å². The molecule has 1 aliphatic heterocycles. The Morgan fingerprint density at radius 3 is 3.06 bits per heavy atom. The molecule has 2 rings (SSSR count). The van der Waals surface area contributed by atoms with Crippen LogP contribution >= 0.6 is 0 Å². The highest BCUT2D eigenvalue weighted by atomic mass is 16.2. The Morgan fingerprint density at radius 2 is 2.33 bits per heavy atom. The van der Waals surface area contributed by atoms with Crippen molar-refractivity contribution in [1.29, 1.82) is 0 Å². The first-order chi connectivity index (χ1) is 8.76. The van der Waals surface area contributed by atoms with Crippen molar-refractivity contribution in [3.8, 4) is 0 Å². The molecule has 98 valence electrons. The molecule has 18 heavy (non-hydrogen) atoms. The average molecular weight is 249 g/mol. The number of hydrogen-bond donors (Lipinski definition) is 2. The number of nitrogens with zero attached hydrogens (tertiary/aromatic N) is 3. The summed E-state index contributed by atoms with van der Waals surface area (Å²) in [6.07, 6.45) is 5.40. The summed E-state index contributed by atoms with van der Waals surface area (Å²) < 4.78 is 0. The Bertz CT molecular complexity index is 423. The second-order valence-corrected chi connectivity index (χ2v) is 4.35. The van der Waals surface area contributed by atoms with Crippen LogP contribution in [0.1, 0.15) is 24.6 Å². The maximum absolute atomic E-state index is 12.0. The number of anilines is 1. The minimum atomic E-state index is 0.0617. The summed E-state index contributed by atoms with van der Waals surface area (Å²) in [4.78, 5) is 22.5. The van der Waals surface area contributed by atoms with Crippen molar-refractivity contribution in [2.75, 3.05) is 32.5 Å². The van der Waals surface area contributed by atoms with Gasteiger partial charge in [0.25, 0.3) is 0 Å². The van der Waals surface area contributed by atoms with Crippen molar-refractivity contribution in [2.45, 2.75) is 18.9 Å². The molecule has 1 aromatic heterocycles. The normalized spacial score (nSPS) is 19.0. The zero-order valence-electron chi connectivity index (χ0n) is 10.8. The highest BCUT2D eigenvalue weighted by Crippen LogP contribution is 2.30. The highest BCUT2D eigenvalue weighted by molar-refractivity contribution is 5.79. The van der Waals surface area contributed by atoms with Gasteiger partial charge in [-0.15, -0.1) is 0 Å². The molecule has 1 amide bonds. The fourth-order valence-corrected chi connectivity index (χ4v) is 2.29. The van der Waals surface area contributed by atoms with E-state index in [1.165, 1.54) is 0 Å². The van der Waals surface area contributed by atoms with Gasteiger partial charge >= 0.3 is 0 Å². The summed E-state index contributed by atoms with van der Waals surface area (Å²) in [5, 5.41) is 5.87. The van der Waals surface area contributed by atoms with Crippen LogP contribution in [0.4, 0.5) is 5.82 Å². The first kappa shape index (κ1) is 12.8. The molecule has 6 nitrogen and oxygen atoms in total. The maximum Gasteiger partial charge on any atom is 0.237 e. The first-order valence-electron chi connectivity index (χ1n) is 6.20. The predicted octanol–water partition coefficient (Wildman–Crippen LogP) is 0.401. The number of nitrogens with one attached hydrogen (secondary N) is 2. The number of carbonyl (C=O) groups excluding carboxylic acids is 1. The molecular formula is C12H19N5O. The fraction of sp³-hybridized carbons (Fsp3) is 0.583. The Hall–Kier alpha value is -1.69. The van der Waals surface area contributed by atoms with Crippen molar-refractivity contribution < 1.29 is 4.79 Å². The van der Waals surface area contributed by atoms with E-state index in [-0.39, 0.29) is 11.9 Å². The molecule has 2 N–H and O–H groups in total. The van der Waals surface area contributed by atoms with Gasteiger partial charge in [-0.25, -0.2) is 4.98 Å². The molecule has 1 aromatic rings. The second kappa shape index (κ2) is 5.77. The largest absolute Gasteiger partial charge is 0.372 e. The highest BCUT2D eigenvalue weighted by Gasteiger charge is 2.30. The van der Waals surface area contributed by atoms with Crippen LogP contribution in [0.3, 0.4) is 0 Å². The van der Waals surface area contributed by atoms with E-state index in [4.69, 9.17) is 0 Å². The molecule has 1 atom stereocenters. The number of likely N-dealkylation sites (tertiary alicyclic amines) is 1. The topological polar surface area (TPSA) is 70.2 Å². The monoisotopic (exact) mass is 249 g/mol. The lowest BCUT2D eigenvalue weighted by Gasteiger charge is -2.24. The Labute approximate surface area is 107 Å². The van der Waals surface area contributed by atoms with E-state index in [1.807, 2.05) is 11.9 Å². The molecule has 0 aromatic carbocycles. The van der Waals surface area contributed by atoms with E-state index >= 15 is 0 Å². The number of carbonyl (C=O) groups is 1. The molecule has 6 heteroatoms. The maximum atomic E-state index is 12.0. The van der Waals surface area contributed by atoms with Gasteiger partial charge in [0, 0.05) is 13.6 Å². The van der Waals surface area contributed by atoms with E-state index in [9.17, 15) is 4.79 Å². The van der Waals surface area contributed by atoms with Crippen LogP contribution in [0.15, 0.2) is 12.4 Å². The zero-order valence-corrected chi connectivity index (χ0v) is 10.8. The summed E-state index contributed by atoms with van der Waals surface area (Å²) in [6.45, 7) is 1.17. The van der Waals surface area contributed by atoms with E-state index in [0.717, 1.165) is 30.9 Å². The molecule has 1 aliphatic rings. The van der Waals surface area contributed by atoms with E-state index < -0.39 is 0 Å². The summed E-state index contributed by atoms with van der Waals surface area (Å²) in [6, 6.07) is 0.0617. The third-order valence-corrected chi connectivity index (χ3v) is 3.15. The lowest BCUT2D eigenvalue weighted by atomic mass is 10.1.